The Morgan fingerprint density at radius 1 is 1.40 bits per heavy atom. The second kappa shape index (κ2) is 4.22. The Labute approximate surface area is 92.6 Å². The summed E-state index contributed by atoms with van der Waals surface area (Å²) in [6.07, 6.45) is 0.824. The number of nitrogens with one attached hydrogen (secondary N) is 1. The Morgan fingerprint density at radius 3 is 2.40 bits per heavy atom. The van der Waals surface area contributed by atoms with Gasteiger partial charge in [-0.05, 0) is 40.7 Å². The van der Waals surface area contributed by atoms with Crippen molar-refractivity contribution in [3.63, 3.8) is 0 Å². The molecule has 0 aromatic rings. The van der Waals surface area contributed by atoms with Crippen molar-refractivity contribution in [3.05, 3.63) is 0 Å². The third-order valence-corrected chi connectivity index (χ3v) is 3.01. The van der Waals surface area contributed by atoms with Crippen LogP contribution in [0.25, 0.3) is 0 Å². The molecule has 1 fully saturated rings. The Bertz CT molecular complexity index is 246. The Hall–Kier alpha value is -0.410. The van der Waals surface area contributed by atoms with E-state index in [1.807, 2.05) is 20.8 Å². The van der Waals surface area contributed by atoms with E-state index in [0.29, 0.717) is 6.54 Å². The first kappa shape index (κ1) is 12.7. The van der Waals surface area contributed by atoms with Crippen LogP contribution in [0, 0.1) is 5.92 Å². The topological polar surface area (TPSA) is 38.3 Å². The quantitative estimate of drug-likeness (QED) is 0.773. The van der Waals surface area contributed by atoms with Crippen LogP contribution in [0.4, 0.5) is 0 Å². The summed E-state index contributed by atoms with van der Waals surface area (Å²) in [6, 6.07) is 0. The van der Waals surface area contributed by atoms with E-state index in [1.165, 1.54) is 0 Å². The smallest absolute Gasteiger partial charge is 0.152 e. The third-order valence-electron chi connectivity index (χ3n) is 3.01. The lowest BCUT2D eigenvalue weighted by molar-refractivity contribution is -0.128. The number of likely N-dealkylation sites (N-methyl/N-ethyl adjacent to an activating group) is 1. The van der Waals surface area contributed by atoms with E-state index in [9.17, 15) is 4.79 Å². The van der Waals surface area contributed by atoms with E-state index < -0.39 is 0 Å². The van der Waals surface area contributed by atoms with E-state index in [-0.39, 0.29) is 22.9 Å². The zero-order valence-corrected chi connectivity index (χ0v) is 10.5. The molecule has 3 nitrogen and oxygen atoms in total. The normalized spacial score (nSPS) is 27.9. The van der Waals surface area contributed by atoms with Crippen LogP contribution in [0.3, 0.4) is 0 Å². The van der Waals surface area contributed by atoms with Crippen molar-refractivity contribution in [1.29, 1.82) is 0 Å². The van der Waals surface area contributed by atoms with Gasteiger partial charge in [0.15, 0.2) is 5.78 Å². The number of rotatable bonds is 4. The molecule has 0 amide bonds. The van der Waals surface area contributed by atoms with Gasteiger partial charge in [-0.25, -0.2) is 0 Å². The molecule has 1 N–H and O–H groups in total. The van der Waals surface area contributed by atoms with Crippen LogP contribution in [0.1, 0.15) is 41.0 Å². The van der Waals surface area contributed by atoms with Gasteiger partial charge in [0.25, 0.3) is 0 Å². The first-order valence-electron chi connectivity index (χ1n) is 5.72. The van der Waals surface area contributed by atoms with E-state index >= 15 is 0 Å². The van der Waals surface area contributed by atoms with Gasteiger partial charge >= 0.3 is 0 Å². The highest BCUT2D eigenvalue weighted by molar-refractivity contribution is 5.84. The van der Waals surface area contributed by atoms with Crippen molar-refractivity contribution >= 4 is 5.78 Å². The molecule has 1 unspecified atom stereocenters. The molecule has 1 aliphatic heterocycles. The number of ketones is 1. The molecule has 1 saturated heterocycles. The Kier molecular flexibility index (Phi) is 3.56. The highest BCUT2D eigenvalue weighted by Gasteiger charge is 2.48. The second-order valence-electron chi connectivity index (χ2n) is 5.47. The predicted molar refractivity (Wildman–Crippen MR) is 60.9 cm³/mol. The number of ether oxygens (including phenoxy) is 1. The monoisotopic (exact) mass is 213 g/mol. The van der Waals surface area contributed by atoms with Gasteiger partial charge in [0.1, 0.15) is 0 Å². The minimum atomic E-state index is -0.323. The molecular formula is C12H23NO2. The summed E-state index contributed by atoms with van der Waals surface area (Å²) in [6.45, 7) is 11.4. The minimum absolute atomic E-state index is 0.0200. The first-order valence-corrected chi connectivity index (χ1v) is 5.72. The molecule has 15 heavy (non-hydrogen) atoms. The number of hydrogen-bond acceptors (Lipinski definition) is 3. The summed E-state index contributed by atoms with van der Waals surface area (Å²) >= 11 is 0. The molecule has 1 rings (SSSR count). The minimum Gasteiger partial charge on any atom is -0.369 e. The third kappa shape index (κ3) is 3.02. The molecule has 1 aliphatic rings. The molecule has 0 saturated carbocycles. The standard InChI is InChI=1S/C12H23NO2/c1-6-13-8-10(14)9-7-11(2,3)15-12(9,4)5/h9,13H,6-8H2,1-5H3. The molecule has 1 atom stereocenters. The van der Waals surface area contributed by atoms with E-state index in [0.717, 1.165) is 13.0 Å². The van der Waals surface area contributed by atoms with E-state index in [1.54, 1.807) is 0 Å². The molecule has 0 aromatic heterocycles. The molecule has 0 aromatic carbocycles. The van der Waals surface area contributed by atoms with Crippen molar-refractivity contribution in [2.45, 2.75) is 52.2 Å². The van der Waals surface area contributed by atoms with Crippen LogP contribution in [-0.4, -0.2) is 30.1 Å². The zero-order valence-electron chi connectivity index (χ0n) is 10.5. The van der Waals surface area contributed by atoms with Crippen molar-refractivity contribution in [1.82, 2.24) is 5.32 Å². The zero-order chi connectivity index (χ0) is 11.7. The molecule has 0 aliphatic carbocycles. The molecule has 88 valence electrons. The molecular weight excluding hydrogens is 190 g/mol. The molecule has 0 spiro atoms. The summed E-state index contributed by atoms with van der Waals surface area (Å²) in [5.41, 5.74) is -0.494. The fraction of sp³-hybridized carbons (Fsp3) is 0.917. The maximum Gasteiger partial charge on any atom is 0.152 e. The van der Waals surface area contributed by atoms with Crippen molar-refractivity contribution in [2.24, 2.45) is 5.92 Å². The fourth-order valence-electron chi connectivity index (χ4n) is 2.44. The van der Waals surface area contributed by atoms with Gasteiger partial charge in [0.2, 0.25) is 0 Å². The van der Waals surface area contributed by atoms with Gasteiger partial charge in [-0.15, -0.1) is 0 Å². The van der Waals surface area contributed by atoms with Crippen LogP contribution in [0.15, 0.2) is 0 Å². The van der Waals surface area contributed by atoms with Crippen LogP contribution < -0.4 is 5.32 Å². The number of carbonyl (C=O) groups excluding carboxylic acids is 1. The summed E-state index contributed by atoms with van der Waals surface area (Å²) < 4.78 is 5.90. The first-order chi connectivity index (χ1) is 6.78. The van der Waals surface area contributed by atoms with E-state index in [2.05, 4.69) is 19.2 Å². The summed E-state index contributed by atoms with van der Waals surface area (Å²) in [5.74, 6) is 0.291. The number of hydrogen-bond donors (Lipinski definition) is 1. The molecule has 0 bridgehead atoms. The summed E-state index contributed by atoms with van der Waals surface area (Å²) in [5, 5.41) is 3.08. The summed E-state index contributed by atoms with van der Waals surface area (Å²) in [4.78, 5) is 12.0. The highest BCUT2D eigenvalue weighted by Crippen LogP contribution is 2.42. The lowest BCUT2D eigenvalue weighted by Gasteiger charge is -2.26. The second-order valence-corrected chi connectivity index (χ2v) is 5.47. The van der Waals surface area contributed by atoms with Crippen molar-refractivity contribution < 1.29 is 9.53 Å². The lowest BCUT2D eigenvalue weighted by atomic mass is 9.84. The average Bonchev–Trinajstić information content (AvgIpc) is 2.30. The van der Waals surface area contributed by atoms with Gasteiger partial charge in [-0.1, -0.05) is 6.92 Å². The molecule has 3 heteroatoms. The SMILES string of the molecule is CCNCC(=O)C1CC(C)(C)OC1(C)C. The maximum atomic E-state index is 12.0. The van der Waals surface area contributed by atoms with Gasteiger partial charge in [0, 0.05) is 0 Å². The number of carbonyl (C=O) groups is 1. The Morgan fingerprint density at radius 2 is 2.00 bits per heavy atom. The van der Waals surface area contributed by atoms with Crippen LogP contribution in [-0.2, 0) is 9.53 Å². The molecule has 1 heterocycles. The number of Topliss-reactive ketones (excluding diaryl/α,β-unsaturated/α-hetero) is 1. The largest absolute Gasteiger partial charge is 0.369 e. The van der Waals surface area contributed by atoms with Crippen LogP contribution >= 0.6 is 0 Å². The van der Waals surface area contributed by atoms with Crippen molar-refractivity contribution in [3.8, 4) is 0 Å². The summed E-state index contributed by atoms with van der Waals surface area (Å²) in [7, 11) is 0. The van der Waals surface area contributed by atoms with Crippen molar-refractivity contribution in [2.75, 3.05) is 13.1 Å². The Balaban J connectivity index is 2.65. The van der Waals surface area contributed by atoms with Gasteiger partial charge in [0.05, 0.1) is 23.7 Å². The van der Waals surface area contributed by atoms with Gasteiger partial charge in [-0.2, -0.15) is 0 Å². The van der Waals surface area contributed by atoms with E-state index in [4.69, 9.17) is 4.74 Å². The average molecular weight is 213 g/mol. The highest BCUT2D eigenvalue weighted by atomic mass is 16.5. The maximum absolute atomic E-state index is 12.0. The fourth-order valence-corrected chi connectivity index (χ4v) is 2.44. The van der Waals surface area contributed by atoms with Crippen LogP contribution in [0.5, 0.6) is 0 Å². The lowest BCUT2D eigenvalue weighted by Crippen LogP contribution is -2.38. The van der Waals surface area contributed by atoms with Gasteiger partial charge in [-0.3, -0.25) is 4.79 Å². The van der Waals surface area contributed by atoms with Gasteiger partial charge < -0.3 is 10.1 Å². The predicted octanol–water partition coefficient (Wildman–Crippen LogP) is 1.76. The molecule has 0 radical (unpaired) electrons. The van der Waals surface area contributed by atoms with Crippen LogP contribution in [0.2, 0.25) is 0 Å².